The predicted molar refractivity (Wildman–Crippen MR) is 92.5 cm³/mol. The summed E-state index contributed by atoms with van der Waals surface area (Å²) in [5.41, 5.74) is 0.224. The third kappa shape index (κ3) is 4.01. The maximum absolute atomic E-state index is 12.2. The minimum absolute atomic E-state index is 0.154. The number of hydrogen-bond donors (Lipinski definition) is 1. The highest BCUT2D eigenvalue weighted by atomic mass is 16.3. The molecule has 3 heterocycles. The average molecular weight is 334 g/mol. The van der Waals surface area contributed by atoms with Crippen LogP contribution in [0.4, 0.5) is 0 Å². The summed E-state index contributed by atoms with van der Waals surface area (Å²) in [6.07, 6.45) is 5.65. The van der Waals surface area contributed by atoms with Gasteiger partial charge in [0.05, 0.1) is 6.54 Å². The van der Waals surface area contributed by atoms with Crippen molar-refractivity contribution in [2.75, 3.05) is 32.8 Å². The van der Waals surface area contributed by atoms with Crippen LogP contribution >= 0.6 is 0 Å². The Balaban J connectivity index is 1.62. The van der Waals surface area contributed by atoms with Crippen LogP contribution in [0.15, 0.2) is 16.5 Å². The highest BCUT2D eigenvalue weighted by Gasteiger charge is 2.41. The van der Waals surface area contributed by atoms with Crippen molar-refractivity contribution in [1.29, 1.82) is 0 Å². The Morgan fingerprint density at radius 3 is 2.83 bits per heavy atom. The summed E-state index contributed by atoms with van der Waals surface area (Å²) in [5, 5.41) is 9.06. The van der Waals surface area contributed by atoms with Gasteiger partial charge in [0.15, 0.2) is 0 Å². The molecule has 5 heteroatoms. The van der Waals surface area contributed by atoms with Gasteiger partial charge in [0.25, 0.3) is 0 Å². The molecule has 1 aromatic heterocycles. The molecule has 0 radical (unpaired) electrons. The normalized spacial score (nSPS) is 25.6. The van der Waals surface area contributed by atoms with E-state index < -0.39 is 0 Å². The zero-order chi connectivity index (χ0) is 17.0. The summed E-state index contributed by atoms with van der Waals surface area (Å²) < 4.78 is 5.87. The molecule has 0 unspecified atom stereocenters. The number of likely N-dealkylation sites (tertiary alicyclic amines) is 2. The summed E-state index contributed by atoms with van der Waals surface area (Å²) in [6, 6.07) is 4.17. The molecule has 2 aliphatic heterocycles. The van der Waals surface area contributed by atoms with Gasteiger partial charge >= 0.3 is 0 Å². The minimum Gasteiger partial charge on any atom is -0.465 e. The molecular weight excluding hydrogens is 304 g/mol. The molecule has 1 spiro atoms. The number of aryl methyl sites for hydroxylation is 1. The van der Waals surface area contributed by atoms with Gasteiger partial charge in [0.1, 0.15) is 11.5 Å². The Hall–Kier alpha value is -1.33. The first-order valence-electron chi connectivity index (χ1n) is 9.33. The van der Waals surface area contributed by atoms with Crippen molar-refractivity contribution in [1.82, 2.24) is 9.80 Å². The highest BCUT2D eigenvalue weighted by Crippen LogP contribution is 2.39. The molecule has 2 saturated heterocycles. The number of carbonyl (C=O) groups is 1. The standard InChI is InChI=1S/C19H30N2O3/c1-2-16-5-6-17(24-16)13-20-10-3-8-19(14-20)9-7-18(23)21(15-19)11-4-12-22/h5-6,22H,2-4,7-15H2,1H3/t19-/m0/s1. The molecule has 1 aromatic rings. The van der Waals surface area contributed by atoms with E-state index in [9.17, 15) is 4.79 Å². The Bertz CT molecular complexity index is 557. The number of hydrogen-bond acceptors (Lipinski definition) is 4. The third-order valence-electron chi connectivity index (χ3n) is 5.52. The van der Waals surface area contributed by atoms with Gasteiger partial charge in [0, 0.05) is 44.5 Å². The number of aliphatic hydroxyl groups excluding tert-OH is 1. The van der Waals surface area contributed by atoms with E-state index in [-0.39, 0.29) is 17.9 Å². The first-order chi connectivity index (χ1) is 11.6. The number of furan rings is 1. The zero-order valence-corrected chi connectivity index (χ0v) is 14.8. The molecule has 24 heavy (non-hydrogen) atoms. The van der Waals surface area contributed by atoms with E-state index in [2.05, 4.69) is 24.0 Å². The fourth-order valence-corrected chi connectivity index (χ4v) is 4.26. The van der Waals surface area contributed by atoms with Crippen LogP contribution in [-0.2, 0) is 17.8 Å². The second-order valence-electron chi connectivity index (χ2n) is 7.43. The number of rotatable bonds is 6. The molecule has 0 aromatic carbocycles. The number of carbonyl (C=O) groups excluding carboxylic acids is 1. The molecule has 5 nitrogen and oxygen atoms in total. The zero-order valence-electron chi connectivity index (χ0n) is 14.8. The Morgan fingerprint density at radius 2 is 2.08 bits per heavy atom. The van der Waals surface area contributed by atoms with E-state index in [1.807, 2.05) is 4.90 Å². The van der Waals surface area contributed by atoms with Gasteiger partial charge in [-0.25, -0.2) is 0 Å². The molecule has 0 saturated carbocycles. The van der Waals surface area contributed by atoms with E-state index in [0.717, 1.165) is 50.5 Å². The molecule has 0 aliphatic carbocycles. The molecule has 0 bridgehead atoms. The second-order valence-corrected chi connectivity index (χ2v) is 7.43. The number of aliphatic hydroxyl groups is 1. The van der Waals surface area contributed by atoms with Crippen LogP contribution < -0.4 is 0 Å². The molecular formula is C19H30N2O3. The summed E-state index contributed by atoms with van der Waals surface area (Å²) in [5.74, 6) is 2.35. The van der Waals surface area contributed by atoms with Crippen molar-refractivity contribution in [2.24, 2.45) is 5.41 Å². The van der Waals surface area contributed by atoms with Crippen LogP contribution in [0.1, 0.15) is 50.5 Å². The first kappa shape index (κ1) is 17.5. The van der Waals surface area contributed by atoms with Crippen molar-refractivity contribution in [3.8, 4) is 0 Å². The van der Waals surface area contributed by atoms with E-state index in [1.165, 1.54) is 12.8 Å². The van der Waals surface area contributed by atoms with Crippen molar-refractivity contribution < 1.29 is 14.3 Å². The van der Waals surface area contributed by atoms with Crippen LogP contribution in [-0.4, -0.2) is 53.6 Å². The van der Waals surface area contributed by atoms with E-state index >= 15 is 0 Å². The maximum atomic E-state index is 12.2. The average Bonchev–Trinajstić information content (AvgIpc) is 3.04. The van der Waals surface area contributed by atoms with Crippen molar-refractivity contribution in [2.45, 2.75) is 52.0 Å². The predicted octanol–water partition coefficient (Wildman–Crippen LogP) is 2.43. The Morgan fingerprint density at radius 1 is 1.25 bits per heavy atom. The van der Waals surface area contributed by atoms with Crippen LogP contribution in [0.3, 0.4) is 0 Å². The molecule has 1 N–H and O–H groups in total. The molecule has 2 aliphatic rings. The van der Waals surface area contributed by atoms with Crippen LogP contribution in [0.2, 0.25) is 0 Å². The lowest BCUT2D eigenvalue weighted by Gasteiger charge is -2.48. The van der Waals surface area contributed by atoms with Crippen LogP contribution in [0.25, 0.3) is 0 Å². The van der Waals surface area contributed by atoms with Crippen molar-refractivity contribution >= 4 is 5.91 Å². The number of piperidine rings is 2. The van der Waals surface area contributed by atoms with Gasteiger partial charge in [-0.1, -0.05) is 6.92 Å². The summed E-state index contributed by atoms with van der Waals surface area (Å²) in [7, 11) is 0. The Kier molecular flexibility index (Phi) is 5.61. The maximum Gasteiger partial charge on any atom is 0.222 e. The Labute approximate surface area is 144 Å². The largest absolute Gasteiger partial charge is 0.465 e. The van der Waals surface area contributed by atoms with Gasteiger partial charge in [-0.15, -0.1) is 0 Å². The van der Waals surface area contributed by atoms with Crippen LogP contribution in [0.5, 0.6) is 0 Å². The van der Waals surface area contributed by atoms with Gasteiger partial charge in [-0.05, 0) is 44.4 Å². The topological polar surface area (TPSA) is 56.9 Å². The van der Waals surface area contributed by atoms with E-state index in [4.69, 9.17) is 9.52 Å². The van der Waals surface area contributed by atoms with Gasteiger partial charge < -0.3 is 14.4 Å². The smallest absolute Gasteiger partial charge is 0.222 e. The van der Waals surface area contributed by atoms with E-state index in [1.54, 1.807) is 0 Å². The van der Waals surface area contributed by atoms with Crippen molar-refractivity contribution in [3.05, 3.63) is 23.7 Å². The molecule has 1 amide bonds. The van der Waals surface area contributed by atoms with Gasteiger partial charge in [-0.2, -0.15) is 0 Å². The monoisotopic (exact) mass is 334 g/mol. The van der Waals surface area contributed by atoms with Gasteiger partial charge in [-0.3, -0.25) is 9.69 Å². The van der Waals surface area contributed by atoms with Crippen molar-refractivity contribution in [3.63, 3.8) is 0 Å². The SMILES string of the molecule is CCc1ccc(CN2CCC[C@]3(CCC(=O)N(CCCO)C3)C2)o1. The summed E-state index contributed by atoms with van der Waals surface area (Å²) >= 11 is 0. The molecule has 1 atom stereocenters. The fourth-order valence-electron chi connectivity index (χ4n) is 4.26. The fraction of sp³-hybridized carbons (Fsp3) is 0.737. The molecule has 3 rings (SSSR count). The third-order valence-corrected chi connectivity index (χ3v) is 5.52. The number of nitrogens with zero attached hydrogens (tertiary/aromatic N) is 2. The first-order valence-corrected chi connectivity index (χ1v) is 9.33. The second kappa shape index (κ2) is 7.70. The van der Waals surface area contributed by atoms with Gasteiger partial charge in [0.2, 0.25) is 5.91 Å². The highest BCUT2D eigenvalue weighted by molar-refractivity contribution is 5.77. The number of amides is 1. The summed E-state index contributed by atoms with van der Waals surface area (Å²) in [6.45, 7) is 6.81. The molecule has 134 valence electrons. The van der Waals surface area contributed by atoms with Crippen LogP contribution in [0, 0.1) is 5.41 Å². The van der Waals surface area contributed by atoms with E-state index in [0.29, 0.717) is 19.4 Å². The molecule has 2 fully saturated rings. The quantitative estimate of drug-likeness (QED) is 0.868. The summed E-state index contributed by atoms with van der Waals surface area (Å²) in [4.78, 5) is 16.6. The minimum atomic E-state index is 0.154. The lowest BCUT2D eigenvalue weighted by Crippen LogP contribution is -2.54. The lowest BCUT2D eigenvalue weighted by atomic mass is 9.73. The lowest BCUT2D eigenvalue weighted by molar-refractivity contribution is -0.139.